The fourth-order valence-corrected chi connectivity index (χ4v) is 24.5. The van der Waals surface area contributed by atoms with Crippen LogP contribution in [0.5, 0.6) is 5.75 Å². The van der Waals surface area contributed by atoms with Crippen molar-refractivity contribution in [2.24, 2.45) is 41.4 Å². The number of fused-ring (bicyclic) bond motifs is 8. The molecule has 13 unspecified atom stereocenters. The maximum absolute atomic E-state index is 14.6. The molecule has 0 saturated heterocycles. The number of nitrogens with zero attached hydrogens (tertiary/aromatic N) is 2. The third-order valence-electron chi connectivity index (χ3n) is 30.6. The number of anilines is 3. The zero-order valence-corrected chi connectivity index (χ0v) is 72.9. The molecule has 13 atom stereocenters. The average Bonchev–Trinajstić information content (AvgIpc) is 1.54. The number of furan rings is 1. The normalized spacial score (nSPS) is 27.9. The molecular weight excluding hydrogens is 1530 g/mol. The predicted octanol–water partition coefficient (Wildman–Crippen LogP) is 31.0. The molecule has 0 saturated carbocycles. The zero-order valence-electron chi connectivity index (χ0n) is 72.9. The van der Waals surface area contributed by atoms with Crippen LogP contribution in [0.2, 0.25) is 0 Å². The smallest absolute Gasteiger partial charge is 0.137 e. The van der Waals surface area contributed by atoms with Crippen molar-refractivity contribution in [2.75, 3.05) is 9.80 Å². The summed E-state index contributed by atoms with van der Waals surface area (Å²) in [5.41, 5.74) is 31.0. The van der Waals surface area contributed by atoms with E-state index in [1.54, 1.807) is 23.3 Å². The van der Waals surface area contributed by atoms with Gasteiger partial charge in [0, 0.05) is 79.7 Å². The maximum atomic E-state index is 14.6. The lowest BCUT2D eigenvalue weighted by molar-refractivity contribution is 0.128. The first-order chi connectivity index (χ1) is 61.2. The Morgan fingerprint density at radius 3 is 2.11 bits per heavy atom. The molecular formula is C118H114F2N2O3. The third-order valence-corrected chi connectivity index (χ3v) is 30.6. The summed E-state index contributed by atoms with van der Waals surface area (Å²) < 4.78 is 50.0. The van der Waals surface area contributed by atoms with Crippen LogP contribution in [0.15, 0.2) is 382 Å². The molecule has 8 aromatic rings. The summed E-state index contributed by atoms with van der Waals surface area (Å²) >= 11 is 0. The number of allylic oxidation sites excluding steroid dienone is 33. The second-order valence-electron chi connectivity index (χ2n) is 37.8. The van der Waals surface area contributed by atoms with Gasteiger partial charge in [-0.2, -0.15) is 0 Å². The zero-order chi connectivity index (χ0) is 84.6. The van der Waals surface area contributed by atoms with Crippen molar-refractivity contribution >= 4 is 50.6 Å². The van der Waals surface area contributed by atoms with Gasteiger partial charge in [-0.25, -0.2) is 8.78 Å². The number of rotatable bonds is 20. The number of ether oxygens (including phenoxy) is 2. The van der Waals surface area contributed by atoms with E-state index in [0.29, 0.717) is 36.5 Å². The quantitative estimate of drug-likeness (QED) is 0.0711. The van der Waals surface area contributed by atoms with Crippen molar-refractivity contribution in [3.05, 3.63) is 428 Å². The summed E-state index contributed by atoms with van der Waals surface area (Å²) in [5, 5.41) is 2.17. The molecule has 1 aromatic heterocycles. The Labute approximate surface area is 738 Å². The number of hydrogen-bond donors (Lipinski definition) is 0. The highest BCUT2D eigenvalue weighted by Gasteiger charge is 2.60. The summed E-state index contributed by atoms with van der Waals surface area (Å²) in [5.74, 6) is 4.54. The van der Waals surface area contributed by atoms with Crippen LogP contribution in [0, 0.1) is 61.1 Å². The largest absolute Gasteiger partial charge is 0.487 e. The molecule has 628 valence electrons. The molecule has 0 spiro atoms. The summed E-state index contributed by atoms with van der Waals surface area (Å²) in [7, 11) is 0. The van der Waals surface area contributed by atoms with Crippen molar-refractivity contribution in [1.82, 2.24) is 0 Å². The van der Waals surface area contributed by atoms with Crippen LogP contribution in [0.4, 0.5) is 25.8 Å². The first-order valence-corrected chi connectivity index (χ1v) is 46.7. The Morgan fingerprint density at radius 2 is 1.36 bits per heavy atom. The minimum Gasteiger partial charge on any atom is -0.487 e. The van der Waals surface area contributed by atoms with E-state index in [9.17, 15) is 8.78 Å². The number of hydrogen-bond acceptors (Lipinski definition) is 5. The Morgan fingerprint density at radius 1 is 0.552 bits per heavy atom. The SMILES string of the molecule is C=Cc1ccc(OC2=CCC(C3(c4cc(C)ccc4C)C4=C(CCC=C4)C4C=CC(N(c5ccc(C6CCC=C(c7ccc(F)cc7)C6)cc5)c5ccc6c(c5)oc5cc(N(C7=CC=C(C8=CCCC(C9=CCC(F)CC9)=C8)CC7)C7=CC8C(CC7)c7ccccc7C8(C7=CC(C)=CCC7C)C7C=CC(OC8=CCC(C=C)C=C8)CC7)ccc56)=CC43)C=C2)cc1. The lowest BCUT2D eigenvalue weighted by atomic mass is 9.54. The van der Waals surface area contributed by atoms with Gasteiger partial charge in [0.05, 0.1) is 0 Å². The molecule has 125 heavy (non-hydrogen) atoms. The van der Waals surface area contributed by atoms with Crippen molar-refractivity contribution in [1.29, 1.82) is 0 Å². The molecule has 13 aliphatic carbocycles. The van der Waals surface area contributed by atoms with Crippen molar-refractivity contribution < 1.29 is 22.7 Å². The standard InChI is InChI=1S/C118H114F2N2O3/c1-7-79-27-55-99(56-28-79)123-101-59-39-89(40-60-101)117(111-67-75(3)23-25-77(111)5)109-21-11-9-19-103(109)105-63-51-95(71-113(105)117)121(93-47-35-83(36-48-93)87-17-13-15-85(69-87)81-31-43-91(119)44-32-81)97-53-65-107-108-66-54-98(74-116(108)125-115(107)73-97)122(94-49-37-84(38-50-94)88-18-14-16-86(70-88)82-33-45-92(120)46-34-82)96-52-64-106-104-20-10-12-22-110(104)118(114(106)72-96,112-68-76(4)24-26-78(112)6)90-41-61-102(62-42-90)124-100-57-29-80(8-2)30-58-100/h7-9,11-12,16-17,19,21-24,26-27,29-31,33-35,37-39,41,45-47,49-50,52-59,61-62,64-69,71-74,77,79,88-91,101,105-106,113-114H,1-2,10,13-15,18,20,25,28,32,36,40,42-44,48,51,60,63,70H2,3-6H3. The molecule has 5 nitrogen and oxygen atoms in total. The van der Waals surface area contributed by atoms with Gasteiger partial charge in [0.2, 0.25) is 0 Å². The Bertz CT molecular complexity index is 6290. The molecule has 0 aliphatic heterocycles. The van der Waals surface area contributed by atoms with Crippen LogP contribution in [0.3, 0.4) is 0 Å². The molecule has 0 amide bonds. The summed E-state index contributed by atoms with van der Waals surface area (Å²) in [4.78, 5) is 5.19. The van der Waals surface area contributed by atoms with Crippen molar-refractivity contribution in [3.63, 3.8) is 0 Å². The van der Waals surface area contributed by atoms with E-state index >= 15 is 0 Å². The van der Waals surface area contributed by atoms with E-state index in [2.05, 4.69) is 300 Å². The number of benzene rings is 7. The lowest BCUT2D eigenvalue weighted by Gasteiger charge is -2.50. The van der Waals surface area contributed by atoms with Gasteiger partial charge in [0.25, 0.3) is 0 Å². The van der Waals surface area contributed by atoms with Crippen LogP contribution in [-0.4, -0.2) is 12.3 Å². The summed E-state index contributed by atoms with van der Waals surface area (Å²) in [6, 6.07) is 55.5. The van der Waals surface area contributed by atoms with E-state index in [1.807, 2.05) is 36.4 Å². The maximum Gasteiger partial charge on any atom is 0.137 e. The van der Waals surface area contributed by atoms with E-state index < -0.39 is 11.6 Å². The second-order valence-corrected chi connectivity index (χ2v) is 37.8. The summed E-state index contributed by atoms with van der Waals surface area (Å²) in [6.07, 6.45) is 73.9. The fraction of sp³-hybridized carbons (Fsp3) is 0.305. The van der Waals surface area contributed by atoms with Crippen LogP contribution in [0.1, 0.15) is 192 Å². The van der Waals surface area contributed by atoms with Crippen LogP contribution in [0.25, 0.3) is 33.6 Å². The van der Waals surface area contributed by atoms with Gasteiger partial charge < -0.3 is 23.7 Å². The van der Waals surface area contributed by atoms with Gasteiger partial charge in [0.1, 0.15) is 46.5 Å². The highest BCUT2D eigenvalue weighted by atomic mass is 19.1. The van der Waals surface area contributed by atoms with Crippen molar-refractivity contribution in [2.45, 2.75) is 185 Å². The second kappa shape index (κ2) is 33.6. The van der Waals surface area contributed by atoms with Crippen LogP contribution in [-0.2, 0) is 15.6 Å². The van der Waals surface area contributed by atoms with E-state index in [4.69, 9.17) is 13.9 Å². The highest BCUT2D eigenvalue weighted by Crippen LogP contribution is 2.67. The van der Waals surface area contributed by atoms with E-state index in [0.717, 1.165) is 182 Å². The number of aryl methyl sites for hydroxylation is 2. The Balaban J connectivity index is 0.686. The van der Waals surface area contributed by atoms with Crippen LogP contribution < -0.4 is 14.5 Å². The Hall–Kier alpha value is -11.8. The molecule has 0 fully saturated rings. The topological polar surface area (TPSA) is 38.1 Å². The molecule has 0 N–H and O–H groups in total. The monoisotopic (exact) mass is 1640 g/mol. The Kier molecular flexibility index (Phi) is 21.6. The number of alkyl halides is 1. The van der Waals surface area contributed by atoms with E-state index in [1.165, 1.54) is 83.8 Å². The number of halogens is 2. The minimum atomic E-state index is -0.741. The molecule has 0 bridgehead atoms. The average molecular weight is 1650 g/mol. The van der Waals surface area contributed by atoms with E-state index in [-0.39, 0.29) is 46.9 Å². The van der Waals surface area contributed by atoms with Gasteiger partial charge >= 0.3 is 0 Å². The van der Waals surface area contributed by atoms with Gasteiger partial charge in [0.15, 0.2) is 0 Å². The third kappa shape index (κ3) is 14.7. The van der Waals surface area contributed by atoms with Crippen molar-refractivity contribution in [3.8, 4) is 5.75 Å². The summed E-state index contributed by atoms with van der Waals surface area (Å²) in [6.45, 7) is 17.5. The van der Waals surface area contributed by atoms with Gasteiger partial charge in [-0.3, -0.25) is 0 Å². The molecule has 0 radical (unpaired) electrons. The molecule has 13 aliphatic rings. The predicted molar refractivity (Wildman–Crippen MR) is 513 cm³/mol. The minimum absolute atomic E-state index is 0.00313. The van der Waals surface area contributed by atoms with Gasteiger partial charge in [-0.1, -0.05) is 218 Å². The van der Waals surface area contributed by atoms with Gasteiger partial charge in [-0.05, 0) is 360 Å². The molecule has 7 heteroatoms. The molecule has 21 rings (SSSR count). The lowest BCUT2D eigenvalue weighted by Crippen LogP contribution is -2.45. The van der Waals surface area contributed by atoms with Crippen LogP contribution >= 0.6 is 0 Å². The molecule has 7 aromatic carbocycles. The molecule has 1 heterocycles. The first kappa shape index (κ1) is 80.3. The highest BCUT2D eigenvalue weighted by molar-refractivity contribution is 6.07. The first-order valence-electron chi connectivity index (χ1n) is 46.7. The van der Waals surface area contributed by atoms with Gasteiger partial charge in [-0.15, -0.1) is 6.58 Å². The fourth-order valence-electron chi connectivity index (χ4n) is 24.5.